The Morgan fingerprint density at radius 3 is 2.17 bits per heavy atom. The second kappa shape index (κ2) is 7.23. The Morgan fingerprint density at radius 2 is 1.52 bits per heavy atom. The van der Waals surface area contributed by atoms with Crippen LogP contribution in [-0.2, 0) is 19.1 Å². The second-order valence-corrected chi connectivity index (χ2v) is 10.7. The quantitative estimate of drug-likeness (QED) is 0.683. The van der Waals surface area contributed by atoms with E-state index in [9.17, 15) is 19.8 Å². The predicted octanol–water partition coefficient (Wildman–Crippen LogP) is 2.83. The molecule has 4 fully saturated rings. The Labute approximate surface area is 173 Å². The van der Waals surface area contributed by atoms with Crippen molar-refractivity contribution in [2.75, 3.05) is 0 Å². The van der Waals surface area contributed by atoms with E-state index in [1.807, 2.05) is 0 Å². The molecule has 4 saturated carbocycles. The number of aliphatic hydroxyl groups is 2. The highest BCUT2D eigenvalue weighted by Gasteiger charge is 2.65. The first-order valence-electron chi connectivity index (χ1n) is 11.3. The zero-order valence-corrected chi connectivity index (χ0v) is 18.1. The van der Waals surface area contributed by atoms with E-state index in [0.717, 1.165) is 38.5 Å². The van der Waals surface area contributed by atoms with Crippen LogP contribution in [0.3, 0.4) is 0 Å². The van der Waals surface area contributed by atoms with Crippen molar-refractivity contribution in [3.8, 4) is 0 Å². The van der Waals surface area contributed by atoms with Crippen molar-refractivity contribution < 1.29 is 29.3 Å². The van der Waals surface area contributed by atoms with Crippen molar-refractivity contribution in [3.63, 3.8) is 0 Å². The van der Waals surface area contributed by atoms with E-state index in [0.29, 0.717) is 18.3 Å². The molecule has 0 aliphatic heterocycles. The van der Waals surface area contributed by atoms with Gasteiger partial charge < -0.3 is 19.7 Å². The molecule has 2 N–H and O–H groups in total. The van der Waals surface area contributed by atoms with Gasteiger partial charge in [0, 0.05) is 19.8 Å². The number of hydrogen-bond acceptors (Lipinski definition) is 6. The smallest absolute Gasteiger partial charge is 0.302 e. The van der Waals surface area contributed by atoms with E-state index in [2.05, 4.69) is 13.8 Å². The maximum absolute atomic E-state index is 11.9. The van der Waals surface area contributed by atoms with E-state index in [1.54, 1.807) is 0 Å². The SMILES string of the molecule is CC(=O)O[C@@H]1CC[C@@]2(C)[C@H](C1)C[C@H](OC(C)=O)[C@@H]1[C@@H]2CC[C@]2(C)[C@@H](O)[C@H](O)C[C@@H]12. The number of fused-ring (bicyclic) bond motifs is 5. The summed E-state index contributed by atoms with van der Waals surface area (Å²) in [6, 6.07) is 0. The third-order valence-electron chi connectivity index (χ3n) is 9.23. The first kappa shape index (κ1) is 21.1. The molecule has 0 radical (unpaired) electrons. The number of rotatable bonds is 2. The van der Waals surface area contributed by atoms with Crippen LogP contribution >= 0.6 is 0 Å². The fraction of sp³-hybridized carbons (Fsp3) is 0.913. The number of carbonyl (C=O) groups is 2. The maximum atomic E-state index is 11.9. The van der Waals surface area contributed by atoms with Gasteiger partial charge in [0.15, 0.2) is 0 Å². The third kappa shape index (κ3) is 3.31. The Kier molecular flexibility index (Phi) is 5.26. The van der Waals surface area contributed by atoms with Crippen LogP contribution in [0.15, 0.2) is 0 Å². The van der Waals surface area contributed by atoms with Gasteiger partial charge in [0.05, 0.1) is 12.2 Å². The molecule has 6 heteroatoms. The summed E-state index contributed by atoms with van der Waals surface area (Å²) < 4.78 is 11.4. The lowest BCUT2D eigenvalue weighted by molar-refractivity contribution is -0.198. The van der Waals surface area contributed by atoms with Crippen LogP contribution in [0, 0.1) is 34.5 Å². The lowest BCUT2D eigenvalue weighted by Gasteiger charge is -2.62. The van der Waals surface area contributed by atoms with Crippen molar-refractivity contribution in [3.05, 3.63) is 0 Å². The Hall–Kier alpha value is -1.14. The van der Waals surface area contributed by atoms with Gasteiger partial charge in [-0.25, -0.2) is 0 Å². The van der Waals surface area contributed by atoms with Crippen LogP contribution < -0.4 is 0 Å². The molecule has 164 valence electrons. The van der Waals surface area contributed by atoms with Gasteiger partial charge in [-0.15, -0.1) is 0 Å². The summed E-state index contributed by atoms with van der Waals surface area (Å²) in [4.78, 5) is 23.4. The fourth-order valence-electron chi connectivity index (χ4n) is 7.83. The van der Waals surface area contributed by atoms with E-state index in [4.69, 9.17) is 9.47 Å². The number of hydrogen-bond donors (Lipinski definition) is 2. The minimum Gasteiger partial charge on any atom is -0.463 e. The second-order valence-electron chi connectivity index (χ2n) is 10.7. The summed E-state index contributed by atoms with van der Waals surface area (Å²) in [5.74, 6) is 0.545. The average molecular weight is 409 g/mol. The molecule has 0 aromatic heterocycles. The molecule has 0 aromatic carbocycles. The van der Waals surface area contributed by atoms with Crippen molar-refractivity contribution in [1.29, 1.82) is 0 Å². The minimum atomic E-state index is -0.711. The van der Waals surface area contributed by atoms with Crippen molar-refractivity contribution in [2.45, 2.75) is 97.1 Å². The van der Waals surface area contributed by atoms with Crippen molar-refractivity contribution >= 4 is 11.9 Å². The van der Waals surface area contributed by atoms with Crippen LogP contribution in [-0.4, -0.2) is 46.6 Å². The third-order valence-corrected chi connectivity index (χ3v) is 9.23. The molecule has 29 heavy (non-hydrogen) atoms. The highest BCUT2D eigenvalue weighted by molar-refractivity contribution is 5.66. The summed E-state index contributed by atoms with van der Waals surface area (Å²) in [5.41, 5.74) is -0.213. The van der Waals surface area contributed by atoms with E-state index in [1.165, 1.54) is 13.8 Å². The molecule has 0 aromatic rings. The lowest BCUT2D eigenvalue weighted by atomic mass is 9.44. The summed E-state index contributed by atoms with van der Waals surface area (Å²) in [7, 11) is 0. The van der Waals surface area contributed by atoms with Crippen molar-refractivity contribution in [2.24, 2.45) is 34.5 Å². The zero-order valence-electron chi connectivity index (χ0n) is 18.1. The monoisotopic (exact) mass is 408 g/mol. The van der Waals surface area contributed by atoms with E-state index < -0.39 is 12.2 Å². The maximum Gasteiger partial charge on any atom is 0.302 e. The highest BCUT2D eigenvalue weighted by Crippen LogP contribution is 2.66. The average Bonchev–Trinajstić information content (AvgIpc) is 2.85. The van der Waals surface area contributed by atoms with Gasteiger partial charge in [0.2, 0.25) is 0 Å². The Balaban J connectivity index is 1.66. The Bertz CT molecular complexity index is 678. The molecule has 10 atom stereocenters. The molecule has 0 heterocycles. The molecule has 0 bridgehead atoms. The fourth-order valence-corrected chi connectivity index (χ4v) is 7.83. The normalized spacial score (nSPS) is 51.4. The number of ether oxygens (including phenoxy) is 2. The lowest BCUT2D eigenvalue weighted by Crippen LogP contribution is -2.59. The van der Waals surface area contributed by atoms with E-state index >= 15 is 0 Å². The van der Waals surface area contributed by atoms with Gasteiger partial charge in [-0.1, -0.05) is 13.8 Å². The van der Waals surface area contributed by atoms with Crippen LogP contribution in [0.5, 0.6) is 0 Å². The first-order chi connectivity index (χ1) is 13.6. The summed E-state index contributed by atoms with van der Waals surface area (Å²) in [6.07, 6.45) is 4.25. The number of aliphatic hydroxyl groups excluding tert-OH is 2. The van der Waals surface area contributed by atoms with Crippen LogP contribution in [0.25, 0.3) is 0 Å². The zero-order chi connectivity index (χ0) is 21.1. The topological polar surface area (TPSA) is 93.1 Å². The largest absolute Gasteiger partial charge is 0.463 e. The molecule has 4 aliphatic carbocycles. The molecule has 4 aliphatic rings. The summed E-state index contributed by atoms with van der Waals surface area (Å²) in [5, 5.41) is 21.2. The van der Waals surface area contributed by atoms with Gasteiger partial charge >= 0.3 is 11.9 Å². The standard InChI is InChI=1S/C23H36O6/c1-12(24)28-15-5-7-22(3)14(9-15)10-19(29-13(2)25)20-16(22)6-8-23(4)17(20)11-18(26)21(23)27/h14-21,26-27H,5-11H2,1-4H3/t14-,15-,16+,17+,18-,19+,20-,21+,22+,23+/m1/s1. The minimum absolute atomic E-state index is 0.0518. The summed E-state index contributed by atoms with van der Waals surface area (Å²) >= 11 is 0. The molecule has 0 unspecified atom stereocenters. The van der Waals surface area contributed by atoms with E-state index in [-0.39, 0.29) is 46.8 Å². The molecule has 0 amide bonds. The summed E-state index contributed by atoms with van der Waals surface area (Å²) in [6.45, 7) is 7.40. The highest BCUT2D eigenvalue weighted by atomic mass is 16.5. The molecule has 0 spiro atoms. The number of esters is 2. The first-order valence-corrected chi connectivity index (χ1v) is 11.3. The van der Waals surface area contributed by atoms with Gasteiger partial charge in [0.25, 0.3) is 0 Å². The van der Waals surface area contributed by atoms with Gasteiger partial charge in [-0.2, -0.15) is 0 Å². The van der Waals surface area contributed by atoms with Crippen LogP contribution in [0.4, 0.5) is 0 Å². The predicted molar refractivity (Wildman–Crippen MR) is 106 cm³/mol. The van der Waals surface area contributed by atoms with Crippen LogP contribution in [0.1, 0.15) is 72.6 Å². The van der Waals surface area contributed by atoms with Gasteiger partial charge in [-0.3, -0.25) is 9.59 Å². The Morgan fingerprint density at radius 1 is 0.862 bits per heavy atom. The van der Waals surface area contributed by atoms with Gasteiger partial charge in [-0.05, 0) is 73.5 Å². The molecule has 0 saturated heterocycles. The number of carbonyl (C=O) groups excluding carboxylic acids is 2. The molecular formula is C23H36O6. The van der Waals surface area contributed by atoms with Crippen LogP contribution in [0.2, 0.25) is 0 Å². The molecule has 6 nitrogen and oxygen atoms in total. The molecule has 4 rings (SSSR count). The van der Waals surface area contributed by atoms with Gasteiger partial charge in [0.1, 0.15) is 12.2 Å². The van der Waals surface area contributed by atoms with Crippen molar-refractivity contribution in [1.82, 2.24) is 0 Å². The molecular weight excluding hydrogens is 372 g/mol.